The predicted molar refractivity (Wildman–Crippen MR) is 115 cm³/mol. The van der Waals surface area contributed by atoms with E-state index in [1.54, 1.807) is 0 Å². The molecule has 0 N–H and O–H groups in total. The van der Waals surface area contributed by atoms with Gasteiger partial charge in [-0.25, -0.2) is 0 Å². The molecule has 164 valence electrons. The Morgan fingerprint density at radius 1 is 1.17 bits per heavy atom. The maximum absolute atomic E-state index is 13.2. The number of aromatic nitrogens is 2. The van der Waals surface area contributed by atoms with Crippen molar-refractivity contribution in [2.45, 2.75) is 58.5 Å². The first-order chi connectivity index (χ1) is 14.5. The first-order valence-corrected chi connectivity index (χ1v) is 11.0. The highest BCUT2D eigenvalue weighted by molar-refractivity contribution is 5.76. The molecule has 1 aromatic carbocycles. The summed E-state index contributed by atoms with van der Waals surface area (Å²) in [6, 6.07) is 10.3. The Bertz CT molecular complexity index is 772. The van der Waals surface area contributed by atoms with Gasteiger partial charge in [0.2, 0.25) is 11.8 Å². The molecule has 1 fully saturated rings. The summed E-state index contributed by atoms with van der Waals surface area (Å²) in [6.07, 6.45) is 1.80. The van der Waals surface area contributed by atoms with Crippen LogP contribution in [0.5, 0.6) is 0 Å². The Morgan fingerprint density at radius 2 is 1.90 bits per heavy atom. The number of nitrogens with zero attached hydrogens (tertiary/aromatic N) is 4. The minimum absolute atomic E-state index is 0.131. The lowest BCUT2D eigenvalue weighted by Gasteiger charge is -2.35. The molecule has 0 bridgehead atoms. The highest BCUT2D eigenvalue weighted by atomic mass is 16.5. The minimum atomic E-state index is 0.131. The van der Waals surface area contributed by atoms with E-state index in [-0.39, 0.29) is 17.9 Å². The smallest absolute Gasteiger partial charge is 0.226 e. The van der Waals surface area contributed by atoms with E-state index in [9.17, 15) is 4.79 Å². The predicted octanol–water partition coefficient (Wildman–Crippen LogP) is 3.27. The number of carbonyl (C=O) groups excluding carboxylic acids is 1. The second kappa shape index (κ2) is 11.2. The molecule has 0 aliphatic carbocycles. The van der Waals surface area contributed by atoms with Crippen LogP contribution in [0.25, 0.3) is 0 Å². The van der Waals surface area contributed by atoms with Crippen molar-refractivity contribution in [2.75, 3.05) is 32.8 Å². The summed E-state index contributed by atoms with van der Waals surface area (Å²) in [5, 5.41) is 4.00. The zero-order chi connectivity index (χ0) is 21.3. The molecule has 0 saturated carbocycles. The van der Waals surface area contributed by atoms with Crippen LogP contribution < -0.4 is 0 Å². The minimum Gasteiger partial charge on any atom is -0.379 e. The summed E-state index contributed by atoms with van der Waals surface area (Å²) in [7, 11) is 0. The van der Waals surface area contributed by atoms with Crippen LogP contribution in [0.2, 0.25) is 0 Å². The van der Waals surface area contributed by atoms with Crippen LogP contribution in [-0.4, -0.2) is 64.7 Å². The van der Waals surface area contributed by atoms with Gasteiger partial charge in [-0.2, -0.15) is 4.98 Å². The molecule has 2 heterocycles. The van der Waals surface area contributed by atoms with Gasteiger partial charge < -0.3 is 14.2 Å². The molecule has 2 aromatic rings. The van der Waals surface area contributed by atoms with Gasteiger partial charge in [0.05, 0.1) is 13.2 Å². The number of amides is 1. The third-order valence-corrected chi connectivity index (χ3v) is 5.46. The van der Waals surface area contributed by atoms with E-state index in [0.717, 1.165) is 44.2 Å². The molecule has 0 spiro atoms. The Morgan fingerprint density at radius 3 is 2.57 bits per heavy atom. The first-order valence-electron chi connectivity index (χ1n) is 11.0. The molecule has 7 heteroatoms. The van der Waals surface area contributed by atoms with Crippen molar-refractivity contribution in [2.24, 2.45) is 0 Å². The Labute approximate surface area is 179 Å². The summed E-state index contributed by atoms with van der Waals surface area (Å²) in [5.74, 6) is 1.75. The third-order valence-electron chi connectivity index (χ3n) is 5.46. The van der Waals surface area contributed by atoms with Crippen LogP contribution in [0.3, 0.4) is 0 Å². The van der Waals surface area contributed by atoms with Gasteiger partial charge in [0, 0.05) is 51.0 Å². The lowest BCUT2D eigenvalue weighted by molar-refractivity contribution is -0.134. The van der Waals surface area contributed by atoms with Crippen molar-refractivity contribution in [3.8, 4) is 0 Å². The number of aryl methyl sites for hydroxylation is 1. The molecule has 3 rings (SSSR count). The van der Waals surface area contributed by atoms with Gasteiger partial charge >= 0.3 is 0 Å². The third kappa shape index (κ3) is 6.64. The van der Waals surface area contributed by atoms with E-state index in [2.05, 4.69) is 34.1 Å². The lowest BCUT2D eigenvalue weighted by atomic mass is 10.1. The Balaban J connectivity index is 1.58. The second-order valence-electron chi connectivity index (χ2n) is 8.32. The zero-order valence-electron chi connectivity index (χ0n) is 18.4. The van der Waals surface area contributed by atoms with Gasteiger partial charge in [-0.05, 0) is 18.9 Å². The Kier molecular flexibility index (Phi) is 8.39. The van der Waals surface area contributed by atoms with Gasteiger partial charge in [-0.3, -0.25) is 9.69 Å². The molecule has 1 amide bonds. The van der Waals surface area contributed by atoms with Gasteiger partial charge in [0.15, 0.2) is 5.82 Å². The maximum atomic E-state index is 13.2. The van der Waals surface area contributed by atoms with Gasteiger partial charge in [0.25, 0.3) is 0 Å². The van der Waals surface area contributed by atoms with Crippen molar-refractivity contribution in [3.05, 3.63) is 47.6 Å². The number of morpholine rings is 1. The van der Waals surface area contributed by atoms with Crippen LogP contribution in [0, 0.1) is 0 Å². The van der Waals surface area contributed by atoms with Crippen LogP contribution in [0.15, 0.2) is 34.9 Å². The summed E-state index contributed by atoms with van der Waals surface area (Å²) >= 11 is 0. The molecule has 0 radical (unpaired) electrons. The molecule has 7 nitrogen and oxygen atoms in total. The van der Waals surface area contributed by atoms with Crippen LogP contribution in [-0.2, 0) is 22.5 Å². The molecule has 30 heavy (non-hydrogen) atoms. The van der Waals surface area contributed by atoms with E-state index in [4.69, 9.17) is 9.26 Å². The number of rotatable bonds is 10. The molecule has 1 aliphatic rings. The molecule has 1 aromatic heterocycles. The lowest BCUT2D eigenvalue weighted by Crippen LogP contribution is -2.47. The van der Waals surface area contributed by atoms with E-state index >= 15 is 0 Å². The molecule has 1 unspecified atom stereocenters. The van der Waals surface area contributed by atoms with E-state index < -0.39 is 0 Å². The molecule has 1 atom stereocenters. The quantitative estimate of drug-likeness (QED) is 0.594. The van der Waals surface area contributed by atoms with Crippen molar-refractivity contribution in [1.29, 1.82) is 0 Å². The fourth-order valence-electron chi connectivity index (χ4n) is 3.66. The second-order valence-corrected chi connectivity index (χ2v) is 8.32. The summed E-state index contributed by atoms with van der Waals surface area (Å²) in [6.45, 7) is 11.1. The monoisotopic (exact) mass is 414 g/mol. The maximum Gasteiger partial charge on any atom is 0.226 e. The fourth-order valence-corrected chi connectivity index (χ4v) is 3.66. The van der Waals surface area contributed by atoms with E-state index in [1.165, 1.54) is 0 Å². The topological polar surface area (TPSA) is 71.7 Å². The van der Waals surface area contributed by atoms with Gasteiger partial charge in [-0.15, -0.1) is 0 Å². The van der Waals surface area contributed by atoms with E-state index in [0.29, 0.717) is 31.7 Å². The highest BCUT2D eigenvalue weighted by Gasteiger charge is 2.23. The standard InChI is InChI=1S/C23H34N4O3/c1-18(2)23-24-21(30-25-23)10-7-11-22(28)27(17-20-8-5-4-6-9-20)19(3)16-26-12-14-29-15-13-26/h4-6,8-9,18-19H,7,10-17H2,1-3H3. The van der Waals surface area contributed by atoms with Crippen LogP contribution in [0.1, 0.15) is 56.8 Å². The average Bonchev–Trinajstić information content (AvgIpc) is 3.22. The van der Waals surface area contributed by atoms with Crippen molar-refractivity contribution < 1.29 is 14.1 Å². The van der Waals surface area contributed by atoms with Crippen molar-refractivity contribution in [1.82, 2.24) is 19.9 Å². The fraction of sp³-hybridized carbons (Fsp3) is 0.609. The SMILES string of the molecule is CC(C)c1noc(CCCC(=O)N(Cc2ccccc2)C(C)CN2CCOCC2)n1. The largest absolute Gasteiger partial charge is 0.379 e. The molecular formula is C23H34N4O3. The number of carbonyl (C=O) groups is 1. The summed E-state index contributed by atoms with van der Waals surface area (Å²) in [5.41, 5.74) is 1.15. The molecule has 1 saturated heterocycles. The normalized spacial score (nSPS) is 16.0. The average molecular weight is 415 g/mol. The van der Waals surface area contributed by atoms with Crippen molar-refractivity contribution >= 4 is 5.91 Å². The Hall–Kier alpha value is -2.25. The highest BCUT2D eigenvalue weighted by Crippen LogP contribution is 2.15. The van der Waals surface area contributed by atoms with Crippen LogP contribution in [0.4, 0.5) is 0 Å². The summed E-state index contributed by atoms with van der Waals surface area (Å²) in [4.78, 5) is 22.0. The van der Waals surface area contributed by atoms with Crippen LogP contribution >= 0.6 is 0 Å². The van der Waals surface area contributed by atoms with Gasteiger partial charge in [-0.1, -0.05) is 49.3 Å². The van der Waals surface area contributed by atoms with Crippen molar-refractivity contribution in [3.63, 3.8) is 0 Å². The number of hydrogen-bond donors (Lipinski definition) is 0. The van der Waals surface area contributed by atoms with Gasteiger partial charge in [0.1, 0.15) is 0 Å². The molecular weight excluding hydrogens is 380 g/mol. The number of hydrogen-bond acceptors (Lipinski definition) is 6. The number of benzene rings is 1. The summed E-state index contributed by atoms with van der Waals surface area (Å²) < 4.78 is 10.8. The van der Waals surface area contributed by atoms with E-state index in [1.807, 2.05) is 36.9 Å². The number of ether oxygens (including phenoxy) is 1. The first kappa shape index (κ1) is 22.4. The zero-order valence-corrected chi connectivity index (χ0v) is 18.4. The molecule has 1 aliphatic heterocycles.